The van der Waals surface area contributed by atoms with Gasteiger partial charge in [-0.3, -0.25) is 4.90 Å². The van der Waals surface area contributed by atoms with E-state index in [1.807, 2.05) is 0 Å². The van der Waals surface area contributed by atoms with Gasteiger partial charge in [-0.25, -0.2) is 0 Å². The van der Waals surface area contributed by atoms with Crippen LogP contribution in [0.15, 0.2) is 0 Å². The quantitative estimate of drug-likeness (QED) is 0.480. The average Bonchev–Trinajstić information content (AvgIpc) is 2.35. The Labute approximate surface area is 113 Å². The van der Waals surface area contributed by atoms with Crippen LogP contribution in [0.4, 0.5) is 0 Å². The van der Waals surface area contributed by atoms with Crippen LogP contribution < -0.4 is 0 Å². The molecule has 1 N–H and O–H groups in total. The molecule has 18 heavy (non-hydrogen) atoms. The fourth-order valence-electron chi connectivity index (χ4n) is 1.53. The van der Waals surface area contributed by atoms with E-state index in [0.29, 0.717) is 13.2 Å². The fourth-order valence-corrected chi connectivity index (χ4v) is 1.53. The number of ether oxygens (including phenoxy) is 1. The molecule has 0 aromatic rings. The molecule has 0 rings (SSSR count). The lowest BCUT2D eigenvalue weighted by Gasteiger charge is -2.18. The molecule has 0 bridgehead atoms. The summed E-state index contributed by atoms with van der Waals surface area (Å²) in [5, 5.41) is 9.01. The van der Waals surface area contributed by atoms with Crippen LogP contribution in [0.1, 0.15) is 46.5 Å². The molecule has 0 aliphatic rings. The van der Waals surface area contributed by atoms with Crippen LogP contribution in [0.2, 0.25) is 0 Å². The lowest BCUT2D eigenvalue weighted by Crippen LogP contribution is -2.26. The summed E-state index contributed by atoms with van der Waals surface area (Å²) in [7, 11) is 0. The van der Waals surface area contributed by atoms with E-state index in [-0.39, 0.29) is 0 Å². The van der Waals surface area contributed by atoms with Crippen LogP contribution in [0, 0.1) is 11.8 Å². The van der Waals surface area contributed by atoms with Crippen molar-refractivity contribution in [3.05, 3.63) is 0 Å². The molecule has 0 spiro atoms. The zero-order valence-electron chi connectivity index (χ0n) is 12.2. The Morgan fingerprint density at radius 3 is 2.22 bits per heavy atom. The van der Waals surface area contributed by atoms with E-state index in [9.17, 15) is 0 Å². The maximum absolute atomic E-state index is 9.01. The number of hydrogen-bond acceptors (Lipinski definition) is 3. The number of aliphatic hydroxyl groups is 1. The Morgan fingerprint density at radius 1 is 1.11 bits per heavy atom. The molecule has 0 amide bonds. The van der Waals surface area contributed by atoms with Crippen molar-refractivity contribution in [2.45, 2.75) is 52.6 Å². The molecule has 0 heterocycles. The van der Waals surface area contributed by atoms with Gasteiger partial charge in [-0.2, -0.15) is 0 Å². The first-order valence-electron chi connectivity index (χ1n) is 7.14. The monoisotopic (exact) mass is 255 g/mol. The van der Waals surface area contributed by atoms with Gasteiger partial charge in [0.25, 0.3) is 0 Å². The second kappa shape index (κ2) is 12.9. The van der Waals surface area contributed by atoms with Crippen molar-refractivity contribution in [1.82, 2.24) is 4.90 Å². The first-order chi connectivity index (χ1) is 8.70. The molecule has 0 aromatic carbocycles. The van der Waals surface area contributed by atoms with E-state index >= 15 is 0 Å². The molecule has 0 aliphatic carbocycles. The van der Waals surface area contributed by atoms with Crippen molar-refractivity contribution >= 4 is 0 Å². The highest BCUT2D eigenvalue weighted by Crippen LogP contribution is 1.98. The zero-order valence-corrected chi connectivity index (χ0v) is 12.2. The topological polar surface area (TPSA) is 32.7 Å². The van der Waals surface area contributed by atoms with Gasteiger partial charge in [-0.1, -0.05) is 38.5 Å². The predicted octanol–water partition coefficient (Wildman–Crippen LogP) is 2.29. The lowest BCUT2D eigenvalue weighted by atomic mass is 10.2. The van der Waals surface area contributed by atoms with E-state index in [1.165, 1.54) is 25.7 Å². The van der Waals surface area contributed by atoms with Crippen LogP contribution >= 0.6 is 0 Å². The highest BCUT2D eigenvalue weighted by Gasteiger charge is 2.00. The Hall–Kier alpha value is -0.560. The zero-order chi connectivity index (χ0) is 13.6. The Kier molecular flexibility index (Phi) is 12.5. The van der Waals surface area contributed by atoms with Crippen molar-refractivity contribution in [1.29, 1.82) is 0 Å². The van der Waals surface area contributed by atoms with Gasteiger partial charge in [0.2, 0.25) is 0 Å². The molecule has 3 nitrogen and oxygen atoms in total. The third-order valence-electron chi connectivity index (χ3n) is 2.62. The summed E-state index contributed by atoms with van der Waals surface area (Å²) in [5.41, 5.74) is 0. The largest absolute Gasteiger partial charge is 0.391 e. The minimum absolute atomic E-state index is 0.365. The summed E-state index contributed by atoms with van der Waals surface area (Å²) in [6.45, 7) is 10.0. The Bertz CT molecular complexity index is 222. The fraction of sp³-hybridized carbons (Fsp3) is 0.867. The van der Waals surface area contributed by atoms with Gasteiger partial charge >= 0.3 is 0 Å². The molecule has 0 saturated heterocycles. The van der Waals surface area contributed by atoms with Crippen molar-refractivity contribution in [2.24, 2.45) is 0 Å². The summed E-state index contributed by atoms with van der Waals surface area (Å²) in [5.74, 6) is 6.15. The van der Waals surface area contributed by atoms with Gasteiger partial charge in [-0.15, -0.1) is 0 Å². The number of aliphatic hydroxyl groups excluding tert-OH is 1. The summed E-state index contributed by atoms with van der Waals surface area (Å²) in [6.07, 6.45) is 4.53. The van der Waals surface area contributed by atoms with E-state index in [4.69, 9.17) is 9.84 Å². The molecule has 0 radical (unpaired) electrons. The lowest BCUT2D eigenvalue weighted by molar-refractivity contribution is 0.0621. The van der Waals surface area contributed by atoms with Crippen molar-refractivity contribution in [3.63, 3.8) is 0 Å². The Morgan fingerprint density at radius 2 is 1.72 bits per heavy atom. The third-order valence-corrected chi connectivity index (χ3v) is 2.62. The maximum atomic E-state index is 9.01. The highest BCUT2D eigenvalue weighted by molar-refractivity contribution is 5.01. The maximum Gasteiger partial charge on any atom is 0.107 e. The molecular weight excluding hydrogens is 226 g/mol. The minimum Gasteiger partial charge on any atom is -0.391 e. The van der Waals surface area contributed by atoms with E-state index in [1.54, 1.807) is 6.92 Å². The highest BCUT2D eigenvalue weighted by atomic mass is 16.5. The van der Waals surface area contributed by atoms with Gasteiger partial charge < -0.3 is 9.84 Å². The minimum atomic E-state index is -0.405. The van der Waals surface area contributed by atoms with Crippen molar-refractivity contribution in [2.75, 3.05) is 32.8 Å². The second-order valence-electron chi connectivity index (χ2n) is 4.70. The van der Waals surface area contributed by atoms with Crippen LogP contribution in [0.5, 0.6) is 0 Å². The van der Waals surface area contributed by atoms with Crippen LogP contribution in [-0.4, -0.2) is 49.0 Å². The average molecular weight is 255 g/mol. The molecule has 1 atom stereocenters. The first-order valence-corrected chi connectivity index (χ1v) is 7.14. The van der Waals surface area contributed by atoms with E-state index < -0.39 is 6.10 Å². The van der Waals surface area contributed by atoms with Gasteiger partial charge in [0, 0.05) is 0 Å². The predicted molar refractivity (Wildman–Crippen MR) is 76.5 cm³/mol. The van der Waals surface area contributed by atoms with E-state index in [2.05, 4.69) is 30.6 Å². The van der Waals surface area contributed by atoms with Crippen LogP contribution in [0.25, 0.3) is 0 Å². The normalized spacial score (nSPS) is 12.3. The molecule has 0 fully saturated rings. The van der Waals surface area contributed by atoms with Crippen molar-refractivity contribution in [3.8, 4) is 11.8 Å². The Balaban J connectivity index is 3.75. The van der Waals surface area contributed by atoms with Gasteiger partial charge in [0.1, 0.15) is 6.61 Å². The number of rotatable bonds is 10. The van der Waals surface area contributed by atoms with E-state index in [0.717, 1.165) is 19.6 Å². The third kappa shape index (κ3) is 11.9. The summed E-state index contributed by atoms with van der Waals surface area (Å²) >= 11 is 0. The number of nitrogens with zero attached hydrogens (tertiary/aromatic N) is 1. The number of unbranched alkanes of at least 4 members (excludes halogenated alkanes) is 2. The summed E-state index contributed by atoms with van der Waals surface area (Å²) in [4.78, 5) is 2.41. The molecule has 0 unspecified atom stereocenters. The molecule has 0 aromatic heterocycles. The van der Waals surface area contributed by atoms with Gasteiger partial charge in [0.05, 0.1) is 19.3 Å². The second-order valence-corrected chi connectivity index (χ2v) is 4.70. The van der Waals surface area contributed by atoms with Crippen LogP contribution in [-0.2, 0) is 4.74 Å². The van der Waals surface area contributed by atoms with Crippen molar-refractivity contribution < 1.29 is 9.84 Å². The molecule has 0 saturated carbocycles. The smallest absolute Gasteiger partial charge is 0.107 e. The van der Waals surface area contributed by atoms with Crippen LogP contribution in [0.3, 0.4) is 0 Å². The van der Waals surface area contributed by atoms with Gasteiger partial charge in [0.15, 0.2) is 0 Å². The molecule has 106 valence electrons. The standard InChI is InChI=1S/C15H29NO2/c1-4-6-10-16(11-7-5-2)12-8-9-13-18-14-15(3)17/h15,17H,4-7,10-14H2,1-3H3/t15-/m1/s1. The SMILES string of the molecule is CCCCN(CC#CCOC[C@@H](C)O)CCCC. The number of hydrogen-bond donors (Lipinski definition) is 1. The van der Waals surface area contributed by atoms with Gasteiger partial charge in [-0.05, 0) is 32.9 Å². The summed E-state index contributed by atoms with van der Waals surface area (Å²) < 4.78 is 5.20. The summed E-state index contributed by atoms with van der Waals surface area (Å²) in [6, 6.07) is 0. The molecule has 3 heteroatoms. The molecule has 0 aliphatic heterocycles. The molecular formula is C15H29NO2. The first kappa shape index (κ1) is 17.4.